The lowest BCUT2D eigenvalue weighted by atomic mass is 10.1. The molecule has 32 heavy (non-hydrogen) atoms. The van der Waals surface area contributed by atoms with E-state index in [4.69, 9.17) is 0 Å². The maximum Gasteiger partial charge on any atom is 0.323 e. The Kier molecular flexibility index (Phi) is 6.75. The van der Waals surface area contributed by atoms with Gasteiger partial charge in [0.25, 0.3) is 5.91 Å². The van der Waals surface area contributed by atoms with Gasteiger partial charge in [-0.05, 0) is 78.2 Å². The van der Waals surface area contributed by atoms with E-state index in [-0.39, 0.29) is 11.9 Å². The molecule has 1 aliphatic rings. The van der Waals surface area contributed by atoms with Crippen LogP contribution in [0.5, 0.6) is 0 Å². The molecule has 1 heterocycles. The van der Waals surface area contributed by atoms with E-state index in [1.165, 1.54) is 0 Å². The summed E-state index contributed by atoms with van der Waals surface area (Å²) >= 11 is 3.45. The van der Waals surface area contributed by atoms with Gasteiger partial charge in [-0.15, -0.1) is 0 Å². The van der Waals surface area contributed by atoms with Crippen LogP contribution in [-0.4, -0.2) is 25.0 Å². The number of rotatable bonds is 5. The number of benzene rings is 3. The van der Waals surface area contributed by atoms with Crippen molar-refractivity contribution >= 4 is 50.6 Å². The Bertz CT molecular complexity index is 1130. The molecule has 164 valence electrons. The molecule has 0 atom stereocenters. The molecule has 3 N–H and O–H groups in total. The summed E-state index contributed by atoms with van der Waals surface area (Å²) in [5.41, 5.74) is 4.57. The minimum Gasteiger partial charge on any atom is -0.370 e. The summed E-state index contributed by atoms with van der Waals surface area (Å²) in [7, 11) is 0. The minimum atomic E-state index is -0.348. The van der Waals surface area contributed by atoms with Gasteiger partial charge in [0.05, 0.1) is 17.1 Å². The predicted molar refractivity (Wildman–Crippen MR) is 134 cm³/mol. The van der Waals surface area contributed by atoms with E-state index in [1.54, 1.807) is 18.2 Å². The molecule has 0 radical (unpaired) electrons. The molecule has 0 saturated carbocycles. The van der Waals surface area contributed by atoms with Crippen molar-refractivity contribution in [2.45, 2.75) is 19.8 Å². The number of nitrogens with one attached hydrogen (secondary N) is 3. The molecule has 6 nitrogen and oxygen atoms in total. The Hall–Kier alpha value is -3.32. The lowest BCUT2D eigenvalue weighted by Crippen LogP contribution is -2.24. The average molecular weight is 493 g/mol. The highest BCUT2D eigenvalue weighted by atomic mass is 79.9. The maximum atomic E-state index is 12.7. The van der Waals surface area contributed by atoms with Crippen molar-refractivity contribution in [2.75, 3.05) is 33.9 Å². The normalized spacial score (nSPS) is 13.0. The Morgan fingerprint density at radius 2 is 1.53 bits per heavy atom. The Labute approximate surface area is 196 Å². The van der Waals surface area contributed by atoms with Crippen molar-refractivity contribution < 1.29 is 9.59 Å². The summed E-state index contributed by atoms with van der Waals surface area (Å²) in [6.07, 6.45) is 2.24. The highest BCUT2D eigenvalue weighted by molar-refractivity contribution is 9.10. The van der Waals surface area contributed by atoms with Crippen molar-refractivity contribution in [3.8, 4) is 0 Å². The van der Waals surface area contributed by atoms with Crippen molar-refractivity contribution in [2.24, 2.45) is 0 Å². The SMILES string of the molecule is Cc1ccc(C(=O)Nc2ccc(N3CCCC3)c(NC(=O)Nc3ccccc3Br)c2)cc1. The first-order chi connectivity index (χ1) is 15.5. The van der Waals surface area contributed by atoms with Crippen molar-refractivity contribution in [3.05, 3.63) is 82.3 Å². The Balaban J connectivity index is 1.55. The van der Waals surface area contributed by atoms with E-state index in [2.05, 4.69) is 36.8 Å². The van der Waals surface area contributed by atoms with Gasteiger partial charge in [-0.3, -0.25) is 4.79 Å². The molecular formula is C25H25BrN4O2. The molecule has 0 bridgehead atoms. The Morgan fingerprint density at radius 3 is 2.25 bits per heavy atom. The number of aryl methyl sites for hydroxylation is 1. The smallest absolute Gasteiger partial charge is 0.323 e. The van der Waals surface area contributed by atoms with Gasteiger partial charge in [0.2, 0.25) is 0 Å². The number of para-hydroxylation sites is 1. The number of carbonyl (C=O) groups excluding carboxylic acids is 2. The fraction of sp³-hybridized carbons (Fsp3) is 0.200. The fourth-order valence-electron chi connectivity index (χ4n) is 3.69. The molecule has 1 saturated heterocycles. The third kappa shape index (κ3) is 5.29. The third-order valence-corrected chi connectivity index (χ3v) is 6.08. The summed E-state index contributed by atoms with van der Waals surface area (Å²) in [5.74, 6) is -0.192. The highest BCUT2D eigenvalue weighted by Crippen LogP contribution is 2.32. The number of urea groups is 1. The first-order valence-electron chi connectivity index (χ1n) is 10.6. The van der Waals surface area contributed by atoms with Gasteiger partial charge in [0, 0.05) is 28.8 Å². The third-order valence-electron chi connectivity index (χ3n) is 5.39. The summed E-state index contributed by atoms with van der Waals surface area (Å²) < 4.78 is 0.800. The molecule has 0 spiro atoms. The van der Waals surface area contributed by atoms with Crippen LogP contribution in [0.1, 0.15) is 28.8 Å². The standard InChI is InChI=1S/C25H25BrN4O2/c1-17-8-10-18(11-9-17)24(31)27-19-12-13-23(30-14-4-5-15-30)22(16-19)29-25(32)28-21-7-3-2-6-20(21)26/h2-3,6-13,16H,4-5,14-15H2,1H3,(H,27,31)(H2,28,29,32). The monoisotopic (exact) mass is 492 g/mol. The predicted octanol–water partition coefficient (Wildman–Crippen LogP) is 6.25. The number of hydrogen-bond donors (Lipinski definition) is 3. The van der Waals surface area contributed by atoms with E-state index >= 15 is 0 Å². The average Bonchev–Trinajstić information content (AvgIpc) is 3.31. The zero-order valence-corrected chi connectivity index (χ0v) is 19.4. The number of hydrogen-bond acceptors (Lipinski definition) is 3. The van der Waals surface area contributed by atoms with Crippen molar-refractivity contribution in [1.29, 1.82) is 0 Å². The number of carbonyl (C=O) groups is 2. The van der Waals surface area contributed by atoms with E-state index in [0.29, 0.717) is 22.6 Å². The van der Waals surface area contributed by atoms with Crippen molar-refractivity contribution in [1.82, 2.24) is 0 Å². The van der Waals surface area contributed by atoms with Gasteiger partial charge in [-0.2, -0.15) is 0 Å². The molecule has 0 aromatic heterocycles. The van der Waals surface area contributed by atoms with Crippen LogP contribution < -0.4 is 20.9 Å². The molecule has 0 unspecified atom stereocenters. The molecule has 0 aliphatic carbocycles. The quantitative estimate of drug-likeness (QED) is 0.393. The van der Waals surface area contributed by atoms with Gasteiger partial charge < -0.3 is 20.9 Å². The topological polar surface area (TPSA) is 73.5 Å². The van der Waals surface area contributed by atoms with Crippen LogP contribution in [0.4, 0.5) is 27.5 Å². The van der Waals surface area contributed by atoms with Crippen LogP contribution >= 0.6 is 15.9 Å². The van der Waals surface area contributed by atoms with Gasteiger partial charge >= 0.3 is 6.03 Å². The molecule has 3 aromatic rings. The van der Waals surface area contributed by atoms with Crippen LogP contribution in [0.15, 0.2) is 71.2 Å². The van der Waals surface area contributed by atoms with E-state index in [1.807, 2.05) is 55.5 Å². The number of amides is 3. The molecule has 7 heteroatoms. The largest absolute Gasteiger partial charge is 0.370 e. The second kappa shape index (κ2) is 9.87. The lowest BCUT2D eigenvalue weighted by Gasteiger charge is -2.22. The molecule has 1 aliphatic heterocycles. The van der Waals surface area contributed by atoms with Crippen LogP contribution in [0, 0.1) is 6.92 Å². The second-order valence-electron chi connectivity index (χ2n) is 7.81. The van der Waals surface area contributed by atoms with Gasteiger partial charge in [-0.1, -0.05) is 29.8 Å². The van der Waals surface area contributed by atoms with Crippen LogP contribution in [0.25, 0.3) is 0 Å². The molecule has 4 rings (SSSR count). The van der Waals surface area contributed by atoms with E-state index in [9.17, 15) is 9.59 Å². The molecule has 3 amide bonds. The van der Waals surface area contributed by atoms with Crippen LogP contribution in [0.2, 0.25) is 0 Å². The fourth-order valence-corrected chi connectivity index (χ4v) is 4.08. The summed E-state index contributed by atoms with van der Waals surface area (Å²) in [4.78, 5) is 27.6. The zero-order valence-electron chi connectivity index (χ0n) is 17.8. The highest BCUT2D eigenvalue weighted by Gasteiger charge is 2.18. The Morgan fingerprint density at radius 1 is 0.844 bits per heavy atom. The molecule has 3 aromatic carbocycles. The van der Waals surface area contributed by atoms with E-state index in [0.717, 1.165) is 41.7 Å². The number of halogens is 1. The van der Waals surface area contributed by atoms with Crippen LogP contribution in [0.3, 0.4) is 0 Å². The number of nitrogens with zero attached hydrogens (tertiary/aromatic N) is 1. The molecule has 1 fully saturated rings. The second-order valence-corrected chi connectivity index (χ2v) is 8.66. The number of anilines is 4. The van der Waals surface area contributed by atoms with Crippen LogP contribution in [-0.2, 0) is 0 Å². The lowest BCUT2D eigenvalue weighted by molar-refractivity contribution is 0.102. The van der Waals surface area contributed by atoms with Gasteiger partial charge in [-0.25, -0.2) is 4.79 Å². The first-order valence-corrected chi connectivity index (χ1v) is 11.4. The van der Waals surface area contributed by atoms with Crippen molar-refractivity contribution in [3.63, 3.8) is 0 Å². The minimum absolute atomic E-state index is 0.192. The molecular weight excluding hydrogens is 468 g/mol. The summed E-state index contributed by atoms with van der Waals surface area (Å²) in [6, 6.07) is 20.1. The van der Waals surface area contributed by atoms with E-state index < -0.39 is 0 Å². The maximum absolute atomic E-state index is 12.7. The van der Waals surface area contributed by atoms with Gasteiger partial charge in [0.1, 0.15) is 0 Å². The van der Waals surface area contributed by atoms with Gasteiger partial charge in [0.15, 0.2) is 0 Å². The summed E-state index contributed by atoms with van der Waals surface area (Å²) in [6.45, 7) is 3.86. The zero-order chi connectivity index (χ0) is 22.5. The first kappa shape index (κ1) is 21.9. The summed E-state index contributed by atoms with van der Waals surface area (Å²) in [5, 5.41) is 8.76.